The van der Waals surface area contributed by atoms with E-state index >= 15 is 0 Å². The van der Waals surface area contributed by atoms with E-state index in [0.29, 0.717) is 22.8 Å². The summed E-state index contributed by atoms with van der Waals surface area (Å²) in [6.07, 6.45) is 0. The molecule has 3 rings (SSSR count). The molecule has 8 nitrogen and oxygen atoms in total. The van der Waals surface area contributed by atoms with Crippen LogP contribution in [-0.2, 0) is 19.6 Å². The Morgan fingerprint density at radius 1 is 0.844 bits per heavy atom. The Kier molecular flexibility index (Phi) is 7.11. The van der Waals surface area contributed by atoms with Gasteiger partial charge in [0.25, 0.3) is 15.9 Å². The maximum Gasteiger partial charge on any atom is 0.262 e. The molecule has 0 unspecified atom stereocenters. The first-order valence-electron chi connectivity index (χ1n) is 9.72. The third kappa shape index (κ3) is 6.32. The highest BCUT2D eigenvalue weighted by Crippen LogP contribution is 2.21. The van der Waals surface area contributed by atoms with Gasteiger partial charge in [-0.2, -0.15) is 0 Å². The number of hydrogen-bond acceptors (Lipinski definition) is 5. The zero-order valence-electron chi connectivity index (χ0n) is 17.6. The Bertz CT molecular complexity index is 1210. The van der Waals surface area contributed by atoms with Crippen molar-refractivity contribution in [1.82, 2.24) is 0 Å². The van der Waals surface area contributed by atoms with Crippen molar-refractivity contribution in [3.05, 3.63) is 78.4 Å². The highest BCUT2D eigenvalue weighted by Gasteiger charge is 2.15. The van der Waals surface area contributed by atoms with Crippen molar-refractivity contribution >= 4 is 38.9 Å². The molecule has 0 saturated heterocycles. The molecule has 0 fully saturated rings. The van der Waals surface area contributed by atoms with Crippen LogP contribution in [0.25, 0.3) is 0 Å². The number of sulfonamides is 1. The molecular weight excluding hydrogens is 430 g/mol. The fraction of sp³-hybridized carbons (Fsp3) is 0.130. The number of hydrogen-bond donors (Lipinski definition) is 3. The van der Waals surface area contributed by atoms with Crippen LogP contribution in [0.15, 0.2) is 77.7 Å². The lowest BCUT2D eigenvalue weighted by atomic mass is 10.2. The number of carbonyl (C=O) groups is 2. The van der Waals surface area contributed by atoms with Crippen molar-refractivity contribution in [2.75, 3.05) is 22.0 Å². The lowest BCUT2D eigenvalue weighted by molar-refractivity contribution is -0.118. The van der Waals surface area contributed by atoms with Gasteiger partial charge in [0.05, 0.1) is 10.6 Å². The maximum atomic E-state index is 12.6. The molecule has 0 heterocycles. The summed E-state index contributed by atoms with van der Waals surface area (Å²) >= 11 is 0. The van der Waals surface area contributed by atoms with E-state index in [9.17, 15) is 18.0 Å². The summed E-state index contributed by atoms with van der Waals surface area (Å²) in [5.74, 6) is -0.203. The summed E-state index contributed by atoms with van der Waals surface area (Å²) in [6, 6.07) is 19.5. The van der Waals surface area contributed by atoms with Crippen LogP contribution >= 0.6 is 0 Å². The Hall–Kier alpha value is -3.85. The van der Waals surface area contributed by atoms with Gasteiger partial charge in [-0.3, -0.25) is 14.3 Å². The fourth-order valence-electron chi connectivity index (χ4n) is 2.79. The lowest BCUT2D eigenvalue weighted by Gasteiger charge is -2.11. The Morgan fingerprint density at radius 2 is 1.44 bits per heavy atom. The molecule has 0 bridgehead atoms. The van der Waals surface area contributed by atoms with Gasteiger partial charge in [0.1, 0.15) is 5.75 Å². The van der Waals surface area contributed by atoms with Gasteiger partial charge >= 0.3 is 0 Å². The number of para-hydroxylation sites is 1. The number of amides is 2. The zero-order chi connectivity index (χ0) is 23.1. The van der Waals surface area contributed by atoms with Gasteiger partial charge in [-0.25, -0.2) is 8.42 Å². The first-order chi connectivity index (χ1) is 15.2. The van der Waals surface area contributed by atoms with E-state index in [-0.39, 0.29) is 23.3 Å². The van der Waals surface area contributed by atoms with Gasteiger partial charge in [-0.1, -0.05) is 18.2 Å². The van der Waals surface area contributed by atoms with Crippen LogP contribution in [-0.4, -0.2) is 26.8 Å². The van der Waals surface area contributed by atoms with Crippen LogP contribution in [0.5, 0.6) is 5.75 Å². The van der Waals surface area contributed by atoms with Crippen LogP contribution in [0.1, 0.15) is 12.5 Å². The molecule has 3 aromatic carbocycles. The average molecular weight is 454 g/mol. The molecule has 166 valence electrons. The summed E-state index contributed by atoms with van der Waals surface area (Å²) in [6.45, 7) is 2.98. The highest BCUT2D eigenvalue weighted by atomic mass is 32.2. The van der Waals surface area contributed by atoms with Crippen molar-refractivity contribution < 1.29 is 22.7 Å². The molecule has 0 aliphatic rings. The van der Waals surface area contributed by atoms with Gasteiger partial charge in [-0.05, 0) is 67.1 Å². The van der Waals surface area contributed by atoms with E-state index in [0.717, 1.165) is 5.56 Å². The van der Waals surface area contributed by atoms with Crippen molar-refractivity contribution in [1.29, 1.82) is 0 Å². The molecule has 0 saturated carbocycles. The fourth-order valence-corrected chi connectivity index (χ4v) is 3.92. The molecular formula is C23H23N3O5S. The molecule has 2 amide bonds. The SMILES string of the molecule is CC(=O)Nc1ccc(NC(=O)COc2ccc(S(=O)(=O)Nc3ccccc3C)cc2)cc1. The summed E-state index contributed by atoms with van der Waals surface area (Å²) in [7, 11) is -3.75. The molecule has 0 aromatic heterocycles. The molecule has 0 atom stereocenters. The molecule has 0 aliphatic heterocycles. The van der Waals surface area contributed by atoms with Crippen LogP contribution in [0.2, 0.25) is 0 Å². The average Bonchev–Trinajstić information content (AvgIpc) is 2.75. The van der Waals surface area contributed by atoms with Crippen molar-refractivity contribution in [2.24, 2.45) is 0 Å². The maximum absolute atomic E-state index is 12.6. The first-order valence-corrected chi connectivity index (χ1v) is 11.2. The van der Waals surface area contributed by atoms with Crippen LogP contribution in [0.4, 0.5) is 17.1 Å². The smallest absolute Gasteiger partial charge is 0.262 e. The van der Waals surface area contributed by atoms with Gasteiger partial charge in [-0.15, -0.1) is 0 Å². The highest BCUT2D eigenvalue weighted by molar-refractivity contribution is 7.92. The largest absolute Gasteiger partial charge is 0.484 e. The number of aryl methyl sites for hydroxylation is 1. The number of anilines is 3. The normalized spacial score (nSPS) is 10.8. The van der Waals surface area contributed by atoms with E-state index in [1.54, 1.807) is 36.4 Å². The second kappa shape index (κ2) is 9.97. The number of carbonyl (C=O) groups excluding carboxylic acids is 2. The minimum atomic E-state index is -3.75. The molecule has 9 heteroatoms. The minimum absolute atomic E-state index is 0.0804. The zero-order valence-corrected chi connectivity index (χ0v) is 18.4. The number of ether oxygens (including phenoxy) is 1. The second-order valence-corrected chi connectivity index (χ2v) is 8.67. The van der Waals surface area contributed by atoms with Crippen LogP contribution < -0.4 is 20.1 Å². The van der Waals surface area contributed by atoms with Crippen molar-refractivity contribution in [3.63, 3.8) is 0 Å². The molecule has 3 aromatic rings. The Labute approximate surface area is 186 Å². The molecule has 32 heavy (non-hydrogen) atoms. The van der Waals surface area contributed by atoms with Gasteiger partial charge in [0.2, 0.25) is 5.91 Å². The Morgan fingerprint density at radius 3 is 2.03 bits per heavy atom. The number of rotatable bonds is 8. The third-order valence-corrected chi connectivity index (χ3v) is 5.76. The van der Waals surface area contributed by atoms with E-state index in [4.69, 9.17) is 4.74 Å². The van der Waals surface area contributed by atoms with E-state index in [2.05, 4.69) is 15.4 Å². The molecule has 0 radical (unpaired) electrons. The predicted octanol–water partition coefficient (Wildman–Crippen LogP) is 3.77. The van der Waals surface area contributed by atoms with E-state index in [1.807, 2.05) is 19.1 Å². The molecule has 3 N–H and O–H groups in total. The quantitative estimate of drug-likeness (QED) is 0.480. The van der Waals surface area contributed by atoms with Gasteiger partial charge in [0, 0.05) is 18.3 Å². The predicted molar refractivity (Wildman–Crippen MR) is 123 cm³/mol. The van der Waals surface area contributed by atoms with Crippen LogP contribution in [0, 0.1) is 6.92 Å². The standard InChI is InChI=1S/C23H23N3O5S/c1-16-5-3-4-6-22(16)26-32(29,30)21-13-11-20(12-14-21)31-15-23(28)25-19-9-7-18(8-10-19)24-17(2)27/h3-14,26H,15H2,1-2H3,(H,24,27)(H,25,28). The summed E-state index contributed by atoms with van der Waals surface area (Å²) < 4.78 is 33.2. The first kappa shape index (κ1) is 22.8. The topological polar surface area (TPSA) is 114 Å². The van der Waals surface area contributed by atoms with E-state index in [1.165, 1.54) is 31.2 Å². The van der Waals surface area contributed by atoms with E-state index < -0.39 is 10.0 Å². The summed E-state index contributed by atoms with van der Waals surface area (Å²) in [5, 5.41) is 5.32. The number of nitrogens with one attached hydrogen (secondary N) is 3. The minimum Gasteiger partial charge on any atom is -0.484 e. The molecule has 0 aliphatic carbocycles. The van der Waals surface area contributed by atoms with Crippen LogP contribution in [0.3, 0.4) is 0 Å². The summed E-state index contributed by atoms with van der Waals surface area (Å²) in [4.78, 5) is 23.2. The molecule has 0 spiro atoms. The van der Waals surface area contributed by atoms with Crippen molar-refractivity contribution in [3.8, 4) is 5.75 Å². The summed E-state index contributed by atoms with van der Waals surface area (Å²) in [5.41, 5.74) is 2.50. The van der Waals surface area contributed by atoms with Crippen molar-refractivity contribution in [2.45, 2.75) is 18.7 Å². The lowest BCUT2D eigenvalue weighted by Crippen LogP contribution is -2.20. The second-order valence-electron chi connectivity index (χ2n) is 6.99. The monoisotopic (exact) mass is 453 g/mol. The third-order valence-electron chi connectivity index (χ3n) is 4.38. The number of benzene rings is 3. The Balaban J connectivity index is 1.54. The van der Waals surface area contributed by atoms with Gasteiger partial charge in [0.15, 0.2) is 6.61 Å². The van der Waals surface area contributed by atoms with Gasteiger partial charge < -0.3 is 15.4 Å².